The van der Waals surface area contributed by atoms with Gasteiger partial charge in [-0.25, -0.2) is 4.84 Å². The molecule has 0 radical (unpaired) electrons. The van der Waals surface area contributed by atoms with E-state index in [4.69, 9.17) is 43.6 Å². The van der Waals surface area contributed by atoms with Crippen LogP contribution in [0.5, 0.6) is 17.2 Å². The zero-order valence-electron chi connectivity index (χ0n) is 34.5. The Balaban J connectivity index is 1.08. The van der Waals surface area contributed by atoms with Crippen molar-refractivity contribution >= 4 is 16.7 Å². The molecule has 0 aromatic heterocycles. The summed E-state index contributed by atoms with van der Waals surface area (Å²) in [5.41, 5.74) is 4.54. The fraction of sp³-hybridized carbons (Fsp3) is 0.383. The third-order valence-corrected chi connectivity index (χ3v) is 10.4. The average molecular weight is 825 g/mol. The van der Waals surface area contributed by atoms with Crippen molar-refractivity contribution in [1.29, 1.82) is 0 Å². The van der Waals surface area contributed by atoms with Gasteiger partial charge in [0.05, 0.1) is 77.9 Å². The first kappa shape index (κ1) is 44.5. The molecule has 6 rings (SSSR count). The van der Waals surface area contributed by atoms with Gasteiger partial charge in [-0.3, -0.25) is 15.2 Å². The van der Waals surface area contributed by atoms with Crippen LogP contribution >= 0.6 is 0 Å². The molecular weight excluding hydrogens is 769 g/mol. The van der Waals surface area contributed by atoms with Crippen LogP contribution in [0.25, 0.3) is 10.8 Å². The Morgan fingerprint density at radius 3 is 2.23 bits per heavy atom. The summed E-state index contributed by atoms with van der Waals surface area (Å²) in [5, 5.41) is 22.9. The van der Waals surface area contributed by atoms with Gasteiger partial charge in [-0.05, 0) is 64.4 Å². The molecule has 4 atom stereocenters. The Morgan fingerprint density at radius 2 is 1.48 bits per heavy atom. The quantitative estimate of drug-likeness (QED) is 0.0338. The van der Waals surface area contributed by atoms with Gasteiger partial charge in [0.25, 0.3) is 0 Å². The number of carbonyl (C=O) groups excluding carboxylic acids is 1. The van der Waals surface area contributed by atoms with Crippen LogP contribution in [0.4, 0.5) is 0 Å². The summed E-state index contributed by atoms with van der Waals surface area (Å²) >= 11 is 0. The summed E-state index contributed by atoms with van der Waals surface area (Å²) in [6.07, 6.45) is 0.425. The van der Waals surface area contributed by atoms with E-state index in [9.17, 15) is 4.79 Å². The molecule has 13 heteroatoms. The summed E-state index contributed by atoms with van der Waals surface area (Å²) in [6.45, 7) is 5.28. The molecule has 0 amide bonds. The standard InChI is InChI=1S/C47H56N2O11/c1-4-39(60-46(50)26-33-14-16-34(17-15-33)30-59-49(51)52)32-58-45-28-48-27-44(57-29-35-24-37-10-5-7-12-41(37)43(25-35)54-3)47(45)36-18-20-40(21-19-36)56-23-9-22-55-31-38-11-6-8-13-42(38)53-2/h5-8,10-21,24-25,39,44-45,47-48,51-52H,4,9,22-23,26-32H2,1-3H3. The zero-order chi connectivity index (χ0) is 42.1. The average Bonchev–Trinajstić information content (AvgIpc) is 3.28. The SMILES string of the molecule is CCC(COC1CNCC(OCc2cc(OC)c3ccccc3c2)C1c1ccc(OCCCOCc2ccccc2OC)cc1)OC(=O)Cc1ccc(CON(O)O)cc1. The largest absolute Gasteiger partial charge is 0.496 e. The maximum absolute atomic E-state index is 13.0. The van der Waals surface area contributed by atoms with E-state index in [1.807, 2.05) is 67.6 Å². The lowest BCUT2D eigenvalue weighted by Gasteiger charge is -2.39. The molecule has 0 bridgehead atoms. The lowest BCUT2D eigenvalue weighted by molar-refractivity contribution is -0.497. The molecule has 320 valence electrons. The van der Waals surface area contributed by atoms with Crippen molar-refractivity contribution < 1.29 is 53.2 Å². The van der Waals surface area contributed by atoms with E-state index < -0.39 is 6.10 Å². The van der Waals surface area contributed by atoms with Crippen LogP contribution in [-0.4, -0.2) is 87.2 Å². The first-order valence-electron chi connectivity index (χ1n) is 20.3. The molecule has 13 nitrogen and oxygen atoms in total. The van der Waals surface area contributed by atoms with Crippen molar-refractivity contribution in [3.05, 3.63) is 137 Å². The van der Waals surface area contributed by atoms with E-state index in [0.717, 1.165) is 56.7 Å². The maximum Gasteiger partial charge on any atom is 0.310 e. The van der Waals surface area contributed by atoms with Gasteiger partial charge in [0.2, 0.25) is 0 Å². The van der Waals surface area contributed by atoms with Crippen LogP contribution in [0.15, 0.2) is 109 Å². The second kappa shape index (κ2) is 23.1. The van der Waals surface area contributed by atoms with Gasteiger partial charge in [-0.15, -0.1) is 0 Å². The number of benzene rings is 5. The van der Waals surface area contributed by atoms with Crippen molar-refractivity contribution in [3.8, 4) is 17.2 Å². The number of rotatable bonds is 23. The predicted molar refractivity (Wildman–Crippen MR) is 224 cm³/mol. The van der Waals surface area contributed by atoms with Gasteiger partial charge in [-0.2, -0.15) is 0 Å². The van der Waals surface area contributed by atoms with Crippen LogP contribution in [0.3, 0.4) is 0 Å². The molecule has 1 heterocycles. The molecule has 0 saturated carbocycles. The first-order chi connectivity index (χ1) is 29.3. The Labute approximate surface area is 351 Å². The normalized spacial score (nSPS) is 17.1. The van der Waals surface area contributed by atoms with E-state index >= 15 is 0 Å². The second-order valence-corrected chi connectivity index (χ2v) is 14.6. The summed E-state index contributed by atoms with van der Waals surface area (Å²) in [7, 11) is 3.34. The molecule has 5 aromatic rings. The van der Waals surface area contributed by atoms with Gasteiger partial charge < -0.3 is 38.5 Å². The lowest BCUT2D eigenvalue weighted by atomic mass is 9.85. The summed E-state index contributed by atoms with van der Waals surface area (Å²) in [6, 6.07) is 35.3. The molecule has 1 fully saturated rings. The fourth-order valence-corrected chi connectivity index (χ4v) is 7.29. The van der Waals surface area contributed by atoms with Crippen LogP contribution in [0.2, 0.25) is 0 Å². The number of piperidine rings is 1. The minimum Gasteiger partial charge on any atom is -0.496 e. The number of para-hydroxylation sites is 1. The summed E-state index contributed by atoms with van der Waals surface area (Å²) < 4.78 is 42.4. The van der Waals surface area contributed by atoms with Gasteiger partial charge in [-0.1, -0.05) is 85.8 Å². The Bertz CT molecular complexity index is 2060. The van der Waals surface area contributed by atoms with Gasteiger partial charge >= 0.3 is 5.97 Å². The molecule has 3 N–H and O–H groups in total. The lowest BCUT2D eigenvalue weighted by Crippen LogP contribution is -2.51. The topological polar surface area (TPSA) is 147 Å². The molecule has 1 aliphatic rings. The van der Waals surface area contributed by atoms with Crippen molar-refractivity contribution in [2.24, 2.45) is 0 Å². The molecule has 1 aliphatic heterocycles. The highest BCUT2D eigenvalue weighted by molar-refractivity contribution is 5.89. The first-order valence-corrected chi connectivity index (χ1v) is 20.3. The number of nitrogens with zero attached hydrogens (tertiary/aromatic N) is 1. The fourth-order valence-electron chi connectivity index (χ4n) is 7.29. The van der Waals surface area contributed by atoms with Crippen LogP contribution in [0.1, 0.15) is 53.5 Å². The monoisotopic (exact) mass is 824 g/mol. The number of methoxy groups -OCH3 is 2. The zero-order valence-corrected chi connectivity index (χ0v) is 34.5. The van der Waals surface area contributed by atoms with Crippen molar-refractivity contribution in [2.75, 3.05) is 47.1 Å². The van der Waals surface area contributed by atoms with Gasteiger partial charge in [0.15, 0.2) is 0 Å². The second-order valence-electron chi connectivity index (χ2n) is 14.6. The Morgan fingerprint density at radius 1 is 0.767 bits per heavy atom. The highest BCUT2D eigenvalue weighted by Crippen LogP contribution is 2.34. The van der Waals surface area contributed by atoms with E-state index in [-0.39, 0.29) is 49.1 Å². The number of hydrogen-bond acceptors (Lipinski definition) is 13. The predicted octanol–water partition coefficient (Wildman–Crippen LogP) is 7.58. The summed E-state index contributed by atoms with van der Waals surface area (Å²) in [4.78, 5) is 17.7. The summed E-state index contributed by atoms with van der Waals surface area (Å²) in [5.74, 6) is 1.88. The maximum atomic E-state index is 13.0. The smallest absolute Gasteiger partial charge is 0.310 e. The van der Waals surface area contributed by atoms with Crippen molar-refractivity contribution in [2.45, 2.75) is 70.2 Å². The highest BCUT2D eigenvalue weighted by atomic mass is 17.1. The number of ether oxygens (including phenoxy) is 7. The minimum atomic E-state index is -0.452. The minimum absolute atomic E-state index is 0.0331. The highest BCUT2D eigenvalue weighted by Gasteiger charge is 2.37. The molecule has 0 spiro atoms. The van der Waals surface area contributed by atoms with Crippen molar-refractivity contribution in [1.82, 2.24) is 10.7 Å². The third-order valence-electron chi connectivity index (χ3n) is 10.4. The number of fused-ring (bicyclic) bond motifs is 1. The number of nitrogens with one attached hydrogen (secondary N) is 1. The number of carbonyl (C=O) groups is 1. The molecular formula is C47H56N2O11. The molecule has 5 aromatic carbocycles. The van der Waals surface area contributed by atoms with Crippen LogP contribution < -0.4 is 19.5 Å². The van der Waals surface area contributed by atoms with E-state index in [0.29, 0.717) is 51.5 Å². The van der Waals surface area contributed by atoms with E-state index in [1.54, 1.807) is 38.5 Å². The van der Waals surface area contributed by atoms with E-state index in [2.05, 4.69) is 34.4 Å². The van der Waals surface area contributed by atoms with Crippen LogP contribution in [0, 0.1) is 0 Å². The van der Waals surface area contributed by atoms with Gasteiger partial charge in [0.1, 0.15) is 23.4 Å². The molecule has 4 unspecified atom stereocenters. The molecule has 0 aliphatic carbocycles. The number of hydrogen-bond donors (Lipinski definition) is 3. The van der Waals surface area contributed by atoms with Gasteiger partial charge in [0, 0.05) is 36.4 Å². The molecule has 1 saturated heterocycles. The Hall–Kier alpha value is -5.09. The van der Waals surface area contributed by atoms with Crippen molar-refractivity contribution in [3.63, 3.8) is 0 Å². The number of esters is 1. The third kappa shape index (κ3) is 13.0. The van der Waals surface area contributed by atoms with E-state index in [1.165, 1.54) is 0 Å². The van der Waals surface area contributed by atoms with Crippen LogP contribution in [-0.2, 0) is 54.8 Å². The Kier molecular flexibility index (Phi) is 17.1. The molecule has 60 heavy (non-hydrogen) atoms.